The zero-order chi connectivity index (χ0) is 15.7. The molecule has 1 saturated heterocycles. The molecule has 0 saturated carbocycles. The highest BCUT2D eigenvalue weighted by Gasteiger charge is 2.26. The number of anilines is 1. The Morgan fingerprint density at radius 2 is 1.91 bits per heavy atom. The first-order valence-electron chi connectivity index (χ1n) is 7.59. The molecule has 0 spiro atoms. The third kappa shape index (κ3) is 2.95. The lowest BCUT2D eigenvalue weighted by Gasteiger charge is -2.37. The van der Waals surface area contributed by atoms with Crippen molar-refractivity contribution in [2.75, 3.05) is 18.0 Å². The van der Waals surface area contributed by atoms with Crippen LogP contribution in [0.4, 0.5) is 10.2 Å². The van der Waals surface area contributed by atoms with Gasteiger partial charge in [-0.25, -0.2) is 9.37 Å². The topological polar surface area (TPSA) is 55.0 Å². The minimum absolute atomic E-state index is 0.0912. The van der Waals surface area contributed by atoms with E-state index in [9.17, 15) is 4.39 Å². The van der Waals surface area contributed by atoms with Gasteiger partial charge in [0.05, 0.1) is 17.6 Å². The van der Waals surface area contributed by atoms with Crippen molar-refractivity contribution in [2.45, 2.75) is 32.2 Å². The maximum atomic E-state index is 13.9. The van der Waals surface area contributed by atoms with Gasteiger partial charge in [0.15, 0.2) is 0 Å². The summed E-state index contributed by atoms with van der Waals surface area (Å²) in [5, 5.41) is 0. The summed E-state index contributed by atoms with van der Waals surface area (Å²) >= 11 is 0. The molecule has 0 amide bonds. The predicted molar refractivity (Wildman–Crippen MR) is 86.2 cm³/mol. The highest BCUT2D eigenvalue weighted by molar-refractivity contribution is 5.63. The van der Waals surface area contributed by atoms with Crippen LogP contribution in [0, 0.1) is 12.7 Å². The third-order valence-corrected chi connectivity index (χ3v) is 4.29. The van der Waals surface area contributed by atoms with E-state index >= 15 is 0 Å². The summed E-state index contributed by atoms with van der Waals surface area (Å²) in [6.45, 7) is 5.71. The van der Waals surface area contributed by atoms with Crippen LogP contribution < -0.4 is 10.6 Å². The minimum atomic E-state index is -0.274. The van der Waals surface area contributed by atoms with E-state index in [4.69, 9.17) is 5.73 Å². The molecular formula is C17H21FN4. The first-order valence-corrected chi connectivity index (χ1v) is 7.59. The summed E-state index contributed by atoms with van der Waals surface area (Å²) in [5.74, 6) is 0.567. The van der Waals surface area contributed by atoms with Gasteiger partial charge in [-0.15, -0.1) is 0 Å². The van der Waals surface area contributed by atoms with Crippen molar-refractivity contribution in [3.8, 4) is 11.3 Å². The first-order chi connectivity index (χ1) is 10.5. The van der Waals surface area contributed by atoms with Gasteiger partial charge in [0, 0.05) is 24.2 Å². The Morgan fingerprint density at radius 3 is 2.55 bits per heavy atom. The van der Waals surface area contributed by atoms with Crippen molar-refractivity contribution in [3.05, 3.63) is 42.0 Å². The zero-order valence-corrected chi connectivity index (χ0v) is 13.0. The van der Waals surface area contributed by atoms with Crippen molar-refractivity contribution in [2.24, 2.45) is 5.73 Å². The molecule has 2 N–H and O–H groups in total. The Bertz CT molecular complexity index is 674. The van der Waals surface area contributed by atoms with Crippen LogP contribution in [0.2, 0.25) is 0 Å². The second-order valence-electron chi connectivity index (χ2n) is 6.28. The molecule has 5 heteroatoms. The van der Waals surface area contributed by atoms with E-state index in [1.807, 2.05) is 6.92 Å². The summed E-state index contributed by atoms with van der Waals surface area (Å²) < 4.78 is 13.9. The van der Waals surface area contributed by atoms with E-state index in [1.54, 1.807) is 24.4 Å². The zero-order valence-electron chi connectivity index (χ0n) is 13.0. The van der Waals surface area contributed by atoms with E-state index in [1.165, 1.54) is 6.07 Å². The van der Waals surface area contributed by atoms with Gasteiger partial charge in [0.2, 0.25) is 0 Å². The number of piperidine rings is 1. The van der Waals surface area contributed by atoms with Crippen LogP contribution in [0.5, 0.6) is 0 Å². The lowest BCUT2D eigenvalue weighted by Crippen LogP contribution is -2.48. The van der Waals surface area contributed by atoms with Crippen molar-refractivity contribution in [1.29, 1.82) is 0 Å². The normalized spacial score (nSPS) is 17.5. The van der Waals surface area contributed by atoms with Crippen molar-refractivity contribution >= 4 is 5.82 Å². The van der Waals surface area contributed by atoms with Gasteiger partial charge in [0.1, 0.15) is 11.6 Å². The molecule has 1 aromatic heterocycles. The highest BCUT2D eigenvalue weighted by Crippen LogP contribution is 2.27. The van der Waals surface area contributed by atoms with Crippen molar-refractivity contribution in [1.82, 2.24) is 9.97 Å². The molecule has 0 unspecified atom stereocenters. The molecule has 0 atom stereocenters. The predicted octanol–water partition coefficient (Wildman–Crippen LogP) is 2.91. The average molecular weight is 300 g/mol. The SMILES string of the molecule is Cc1nc(N2CCC(C)(N)CC2)cnc1-c1ccccc1F. The van der Waals surface area contributed by atoms with Gasteiger partial charge in [-0.2, -0.15) is 0 Å². The summed E-state index contributed by atoms with van der Waals surface area (Å²) in [7, 11) is 0. The van der Waals surface area contributed by atoms with Crippen LogP contribution in [-0.2, 0) is 0 Å². The fourth-order valence-corrected chi connectivity index (χ4v) is 2.79. The van der Waals surface area contributed by atoms with Crippen LogP contribution in [0.15, 0.2) is 30.5 Å². The lowest BCUT2D eigenvalue weighted by atomic mass is 9.91. The Hall–Kier alpha value is -2.01. The number of benzene rings is 1. The summed E-state index contributed by atoms with van der Waals surface area (Å²) in [4.78, 5) is 11.3. The number of nitrogens with two attached hydrogens (primary N) is 1. The number of aromatic nitrogens is 2. The number of aryl methyl sites for hydroxylation is 1. The van der Waals surface area contributed by atoms with E-state index in [2.05, 4.69) is 21.8 Å². The van der Waals surface area contributed by atoms with Gasteiger partial charge < -0.3 is 10.6 Å². The Kier molecular flexibility index (Phi) is 3.83. The van der Waals surface area contributed by atoms with Crippen LogP contribution in [-0.4, -0.2) is 28.6 Å². The molecule has 2 heterocycles. The standard InChI is InChI=1S/C17H21FN4/c1-12-16(13-5-3-4-6-14(13)18)20-11-15(21-12)22-9-7-17(2,19)8-10-22/h3-6,11H,7-10,19H2,1-2H3. The maximum Gasteiger partial charge on any atom is 0.147 e. The van der Waals surface area contributed by atoms with E-state index < -0.39 is 0 Å². The van der Waals surface area contributed by atoms with Gasteiger partial charge in [-0.1, -0.05) is 12.1 Å². The van der Waals surface area contributed by atoms with Crippen LogP contribution in [0.25, 0.3) is 11.3 Å². The van der Waals surface area contributed by atoms with Crippen molar-refractivity contribution < 1.29 is 4.39 Å². The molecule has 2 aromatic rings. The van der Waals surface area contributed by atoms with E-state index in [-0.39, 0.29) is 11.4 Å². The van der Waals surface area contributed by atoms with E-state index in [0.29, 0.717) is 11.3 Å². The first kappa shape index (κ1) is 14.9. The molecule has 0 aliphatic carbocycles. The molecular weight excluding hydrogens is 279 g/mol. The summed E-state index contributed by atoms with van der Waals surface area (Å²) in [5.41, 5.74) is 7.90. The molecule has 116 valence electrons. The number of hydrogen-bond acceptors (Lipinski definition) is 4. The number of hydrogen-bond donors (Lipinski definition) is 1. The van der Waals surface area contributed by atoms with Gasteiger partial charge in [0.25, 0.3) is 0 Å². The molecule has 1 fully saturated rings. The third-order valence-electron chi connectivity index (χ3n) is 4.29. The minimum Gasteiger partial charge on any atom is -0.355 e. The molecule has 4 nitrogen and oxygen atoms in total. The molecule has 1 aliphatic rings. The quantitative estimate of drug-likeness (QED) is 0.926. The monoisotopic (exact) mass is 300 g/mol. The Balaban J connectivity index is 1.86. The van der Waals surface area contributed by atoms with Crippen molar-refractivity contribution in [3.63, 3.8) is 0 Å². The maximum absolute atomic E-state index is 13.9. The molecule has 3 rings (SSSR count). The Labute approximate surface area is 130 Å². The largest absolute Gasteiger partial charge is 0.355 e. The van der Waals surface area contributed by atoms with Gasteiger partial charge >= 0.3 is 0 Å². The number of nitrogens with zero attached hydrogens (tertiary/aromatic N) is 3. The number of rotatable bonds is 2. The highest BCUT2D eigenvalue weighted by atomic mass is 19.1. The van der Waals surface area contributed by atoms with Gasteiger partial charge in [-0.3, -0.25) is 4.98 Å². The second kappa shape index (κ2) is 5.65. The molecule has 0 bridgehead atoms. The van der Waals surface area contributed by atoms with Crippen LogP contribution in [0.1, 0.15) is 25.5 Å². The number of halogens is 1. The van der Waals surface area contributed by atoms with Gasteiger partial charge in [-0.05, 0) is 38.8 Å². The fraction of sp³-hybridized carbons (Fsp3) is 0.412. The van der Waals surface area contributed by atoms with E-state index in [0.717, 1.165) is 37.4 Å². The summed E-state index contributed by atoms with van der Waals surface area (Å²) in [6, 6.07) is 6.65. The molecule has 22 heavy (non-hydrogen) atoms. The average Bonchev–Trinajstić information content (AvgIpc) is 2.48. The fourth-order valence-electron chi connectivity index (χ4n) is 2.79. The molecule has 1 aliphatic heterocycles. The molecule has 0 radical (unpaired) electrons. The summed E-state index contributed by atoms with van der Waals surface area (Å²) in [6.07, 6.45) is 3.60. The molecule has 1 aromatic carbocycles. The van der Waals surface area contributed by atoms with Crippen LogP contribution in [0.3, 0.4) is 0 Å². The Morgan fingerprint density at radius 1 is 1.23 bits per heavy atom. The second-order valence-corrected chi connectivity index (χ2v) is 6.28. The van der Waals surface area contributed by atoms with Crippen LogP contribution >= 0.6 is 0 Å². The lowest BCUT2D eigenvalue weighted by molar-refractivity contribution is 0.363. The smallest absolute Gasteiger partial charge is 0.147 e.